The number of carbonyl (C=O) groups excluding carboxylic acids is 1. The van der Waals surface area contributed by atoms with Crippen LogP contribution in [0.4, 0.5) is 17.1 Å². The number of nitrogens with zero attached hydrogens (tertiary/aromatic N) is 2. The summed E-state index contributed by atoms with van der Waals surface area (Å²) in [5, 5.41) is 7.20. The Labute approximate surface area is 163 Å². The molecule has 0 aliphatic heterocycles. The first-order valence-electron chi connectivity index (χ1n) is 9.19. The Morgan fingerprint density at radius 3 is 2.61 bits per heavy atom. The molecule has 0 atom stereocenters. The van der Waals surface area contributed by atoms with Crippen LogP contribution in [0.15, 0.2) is 79.3 Å². The van der Waals surface area contributed by atoms with Crippen LogP contribution in [0.25, 0.3) is 10.9 Å². The minimum atomic E-state index is -0.226. The Bertz CT molecular complexity index is 1120. The van der Waals surface area contributed by atoms with Gasteiger partial charge in [-0.2, -0.15) is 0 Å². The Morgan fingerprint density at radius 1 is 0.964 bits per heavy atom. The van der Waals surface area contributed by atoms with Gasteiger partial charge in [0.2, 0.25) is 0 Å². The van der Waals surface area contributed by atoms with E-state index in [0.29, 0.717) is 11.3 Å². The van der Waals surface area contributed by atoms with Crippen LogP contribution in [0, 0.1) is 0 Å². The van der Waals surface area contributed by atoms with Crippen molar-refractivity contribution in [2.24, 2.45) is 0 Å². The van der Waals surface area contributed by atoms with Crippen LogP contribution in [0.2, 0.25) is 0 Å². The molecule has 0 saturated heterocycles. The topological polar surface area (TPSA) is 66.9 Å². The zero-order chi connectivity index (χ0) is 19.3. The largest absolute Gasteiger partial charge is 0.354 e. The number of benzene rings is 2. The zero-order valence-corrected chi connectivity index (χ0v) is 15.5. The Morgan fingerprint density at radius 2 is 1.79 bits per heavy atom. The number of rotatable bonds is 5. The van der Waals surface area contributed by atoms with Crippen molar-refractivity contribution in [1.29, 1.82) is 0 Å². The van der Waals surface area contributed by atoms with Gasteiger partial charge in [0.25, 0.3) is 5.91 Å². The number of amides is 1. The lowest BCUT2D eigenvalue weighted by Crippen LogP contribution is -2.13. The molecule has 0 aliphatic rings. The van der Waals surface area contributed by atoms with Crippen molar-refractivity contribution in [1.82, 2.24) is 9.97 Å². The first-order chi connectivity index (χ1) is 13.7. The molecule has 0 unspecified atom stereocenters. The van der Waals surface area contributed by atoms with Crippen molar-refractivity contribution in [3.05, 3.63) is 90.4 Å². The molecule has 5 nitrogen and oxygen atoms in total. The van der Waals surface area contributed by atoms with Gasteiger partial charge in [-0.3, -0.25) is 14.8 Å². The van der Waals surface area contributed by atoms with Crippen LogP contribution in [0.5, 0.6) is 0 Å². The SMILES string of the molecule is CCc1ccc(Nc2cncc(C(=O)Nc3cccc4cccnc34)c2)cc1. The minimum Gasteiger partial charge on any atom is -0.354 e. The van der Waals surface area contributed by atoms with Crippen LogP contribution in [-0.4, -0.2) is 15.9 Å². The van der Waals surface area contributed by atoms with Crippen molar-refractivity contribution in [3.63, 3.8) is 0 Å². The average molecular weight is 368 g/mol. The fraction of sp³-hybridized carbons (Fsp3) is 0.0870. The molecule has 138 valence electrons. The number of carbonyl (C=O) groups is 1. The number of para-hydroxylation sites is 1. The van der Waals surface area contributed by atoms with Crippen LogP contribution >= 0.6 is 0 Å². The van der Waals surface area contributed by atoms with Gasteiger partial charge in [0.05, 0.1) is 28.7 Å². The normalized spacial score (nSPS) is 10.6. The van der Waals surface area contributed by atoms with E-state index in [1.54, 1.807) is 24.7 Å². The number of fused-ring (bicyclic) bond motifs is 1. The number of aryl methyl sites for hydroxylation is 1. The van der Waals surface area contributed by atoms with Crippen molar-refractivity contribution in [2.75, 3.05) is 10.6 Å². The fourth-order valence-electron chi connectivity index (χ4n) is 3.02. The van der Waals surface area contributed by atoms with E-state index >= 15 is 0 Å². The third-order valence-corrected chi connectivity index (χ3v) is 4.53. The van der Waals surface area contributed by atoms with Gasteiger partial charge in [0.15, 0.2) is 0 Å². The minimum absolute atomic E-state index is 0.226. The summed E-state index contributed by atoms with van der Waals surface area (Å²) < 4.78 is 0. The van der Waals surface area contributed by atoms with Gasteiger partial charge in [-0.15, -0.1) is 0 Å². The maximum absolute atomic E-state index is 12.7. The highest BCUT2D eigenvalue weighted by atomic mass is 16.1. The second-order valence-electron chi connectivity index (χ2n) is 6.47. The molecular formula is C23H20N4O. The maximum atomic E-state index is 12.7. The van der Waals surface area contributed by atoms with Crippen LogP contribution in [-0.2, 0) is 6.42 Å². The van der Waals surface area contributed by atoms with Crippen molar-refractivity contribution in [2.45, 2.75) is 13.3 Å². The molecule has 4 aromatic rings. The molecule has 0 bridgehead atoms. The first kappa shape index (κ1) is 17.7. The smallest absolute Gasteiger partial charge is 0.257 e. The molecular weight excluding hydrogens is 348 g/mol. The quantitative estimate of drug-likeness (QED) is 0.509. The highest BCUT2D eigenvalue weighted by Gasteiger charge is 2.10. The van der Waals surface area contributed by atoms with E-state index in [-0.39, 0.29) is 5.91 Å². The van der Waals surface area contributed by atoms with Gasteiger partial charge in [-0.25, -0.2) is 0 Å². The molecule has 2 aromatic heterocycles. The molecule has 28 heavy (non-hydrogen) atoms. The van der Waals surface area contributed by atoms with E-state index in [2.05, 4.69) is 39.7 Å². The van der Waals surface area contributed by atoms with Crippen molar-refractivity contribution in [3.8, 4) is 0 Å². The van der Waals surface area contributed by atoms with E-state index in [1.807, 2.05) is 42.5 Å². The molecule has 2 aromatic carbocycles. The number of nitrogens with one attached hydrogen (secondary N) is 2. The zero-order valence-electron chi connectivity index (χ0n) is 15.5. The number of aromatic nitrogens is 2. The lowest BCUT2D eigenvalue weighted by molar-refractivity contribution is 0.102. The lowest BCUT2D eigenvalue weighted by atomic mass is 10.1. The van der Waals surface area contributed by atoms with Crippen LogP contribution in [0.3, 0.4) is 0 Å². The maximum Gasteiger partial charge on any atom is 0.257 e. The molecule has 2 N–H and O–H groups in total. The van der Waals surface area contributed by atoms with E-state index in [0.717, 1.165) is 28.7 Å². The highest BCUT2D eigenvalue weighted by Crippen LogP contribution is 2.22. The van der Waals surface area contributed by atoms with Gasteiger partial charge in [0, 0.05) is 23.5 Å². The Kier molecular flexibility index (Phi) is 4.97. The third kappa shape index (κ3) is 3.83. The summed E-state index contributed by atoms with van der Waals surface area (Å²) in [4.78, 5) is 21.3. The molecule has 5 heteroatoms. The summed E-state index contributed by atoms with van der Waals surface area (Å²) >= 11 is 0. The van der Waals surface area contributed by atoms with Gasteiger partial charge in [0.1, 0.15) is 0 Å². The fourth-order valence-corrected chi connectivity index (χ4v) is 3.02. The average Bonchev–Trinajstić information content (AvgIpc) is 2.75. The summed E-state index contributed by atoms with van der Waals surface area (Å²) in [5.74, 6) is -0.226. The number of anilines is 3. The molecule has 0 aliphatic carbocycles. The Hall–Kier alpha value is -3.73. The van der Waals surface area contributed by atoms with Gasteiger partial charge in [-0.1, -0.05) is 37.3 Å². The first-order valence-corrected chi connectivity index (χ1v) is 9.19. The summed E-state index contributed by atoms with van der Waals surface area (Å²) in [6.07, 6.45) is 5.97. The molecule has 0 saturated carbocycles. The van der Waals surface area contributed by atoms with Crippen LogP contribution < -0.4 is 10.6 Å². The van der Waals surface area contributed by atoms with Gasteiger partial charge >= 0.3 is 0 Å². The highest BCUT2D eigenvalue weighted by molar-refractivity contribution is 6.08. The van der Waals surface area contributed by atoms with Crippen molar-refractivity contribution < 1.29 is 4.79 Å². The van der Waals surface area contributed by atoms with E-state index in [1.165, 1.54) is 5.56 Å². The third-order valence-electron chi connectivity index (χ3n) is 4.53. The monoisotopic (exact) mass is 368 g/mol. The predicted octanol–water partition coefficient (Wildman–Crippen LogP) is 5.19. The van der Waals surface area contributed by atoms with Gasteiger partial charge in [-0.05, 0) is 42.3 Å². The molecule has 0 spiro atoms. The predicted molar refractivity (Wildman–Crippen MR) is 113 cm³/mol. The standard InChI is InChI=1S/C23H20N4O/c1-2-16-8-10-19(11-9-16)26-20-13-18(14-24-15-20)23(28)27-21-7-3-5-17-6-4-12-25-22(17)21/h3-15,26H,2H2,1H3,(H,27,28). The second kappa shape index (κ2) is 7.88. The number of hydrogen-bond donors (Lipinski definition) is 2. The molecule has 0 fully saturated rings. The van der Waals surface area contributed by atoms with Gasteiger partial charge < -0.3 is 10.6 Å². The Balaban J connectivity index is 1.54. The molecule has 2 heterocycles. The lowest BCUT2D eigenvalue weighted by Gasteiger charge is -2.10. The molecule has 1 amide bonds. The number of hydrogen-bond acceptors (Lipinski definition) is 4. The van der Waals surface area contributed by atoms with E-state index in [4.69, 9.17) is 0 Å². The van der Waals surface area contributed by atoms with Crippen LogP contribution in [0.1, 0.15) is 22.8 Å². The van der Waals surface area contributed by atoms with E-state index in [9.17, 15) is 4.79 Å². The summed E-state index contributed by atoms with van der Waals surface area (Å²) in [6.45, 7) is 2.12. The summed E-state index contributed by atoms with van der Waals surface area (Å²) in [5.41, 5.74) is 4.90. The number of pyridine rings is 2. The molecule has 4 rings (SSSR count). The van der Waals surface area contributed by atoms with Crippen molar-refractivity contribution >= 4 is 33.9 Å². The second-order valence-corrected chi connectivity index (χ2v) is 6.47. The summed E-state index contributed by atoms with van der Waals surface area (Å²) in [7, 11) is 0. The molecule has 0 radical (unpaired) electrons. The summed E-state index contributed by atoms with van der Waals surface area (Å²) in [6, 6.07) is 19.5. The van der Waals surface area contributed by atoms with E-state index < -0.39 is 0 Å².